The van der Waals surface area contributed by atoms with E-state index in [1.807, 2.05) is 26.0 Å². The van der Waals surface area contributed by atoms with E-state index in [9.17, 15) is 0 Å². The van der Waals surface area contributed by atoms with Crippen molar-refractivity contribution in [1.82, 2.24) is 4.98 Å². The lowest BCUT2D eigenvalue weighted by Crippen LogP contribution is -2.01. The average molecular weight is 432 g/mol. The molecule has 0 saturated carbocycles. The van der Waals surface area contributed by atoms with Gasteiger partial charge in [-0.1, -0.05) is 0 Å². The van der Waals surface area contributed by atoms with Gasteiger partial charge in [-0.05, 0) is 54.1 Å². The molecule has 0 bridgehead atoms. The Kier molecular flexibility index (Phi) is 6.25. The summed E-state index contributed by atoms with van der Waals surface area (Å²) in [5.41, 5.74) is 9.31. The molecule has 8 heteroatoms. The Balaban J connectivity index is 2.16. The minimum absolute atomic E-state index is 0.483. The Labute approximate surface area is 146 Å². The summed E-state index contributed by atoms with van der Waals surface area (Å²) in [7, 11) is 0. The van der Waals surface area contributed by atoms with Crippen LogP contribution in [0.25, 0.3) is 0 Å². The number of halogens is 1. The van der Waals surface area contributed by atoms with Gasteiger partial charge in [0.25, 0.3) is 0 Å². The minimum atomic E-state index is 0.483. The third-order valence-corrected chi connectivity index (χ3v) is 4.08. The van der Waals surface area contributed by atoms with Crippen molar-refractivity contribution in [1.29, 1.82) is 0 Å². The molecule has 1 aromatic carbocycles. The highest BCUT2D eigenvalue weighted by Gasteiger charge is 2.11. The second kappa shape index (κ2) is 8.18. The second-order valence-corrected chi connectivity index (χ2v) is 6.16. The SMILES string of the molecule is CCOc1cc(C=NNc2nc(N)cs2)cc(I)c1OCC. The van der Waals surface area contributed by atoms with E-state index in [0.29, 0.717) is 24.2 Å². The van der Waals surface area contributed by atoms with E-state index in [1.165, 1.54) is 11.3 Å². The number of hydrogen-bond acceptors (Lipinski definition) is 7. The molecule has 2 aromatic rings. The summed E-state index contributed by atoms with van der Waals surface area (Å²) < 4.78 is 12.3. The number of hydrogen-bond donors (Lipinski definition) is 2. The van der Waals surface area contributed by atoms with Crippen LogP contribution in [0.5, 0.6) is 11.5 Å². The van der Waals surface area contributed by atoms with Gasteiger partial charge in [0.05, 0.1) is 23.0 Å². The van der Waals surface area contributed by atoms with Crippen LogP contribution in [0.2, 0.25) is 0 Å². The molecule has 1 heterocycles. The lowest BCUT2D eigenvalue weighted by molar-refractivity contribution is 0.286. The fourth-order valence-electron chi connectivity index (χ4n) is 1.71. The normalized spacial score (nSPS) is 10.9. The molecule has 0 unspecified atom stereocenters. The zero-order valence-electron chi connectivity index (χ0n) is 12.3. The van der Waals surface area contributed by atoms with Crippen LogP contribution in [0, 0.1) is 3.57 Å². The lowest BCUT2D eigenvalue weighted by Gasteiger charge is -2.13. The first-order valence-electron chi connectivity index (χ1n) is 6.73. The summed E-state index contributed by atoms with van der Waals surface area (Å²) in [6.07, 6.45) is 1.71. The largest absolute Gasteiger partial charge is 0.490 e. The number of rotatable bonds is 7. The summed E-state index contributed by atoms with van der Waals surface area (Å²) >= 11 is 3.63. The van der Waals surface area contributed by atoms with Gasteiger partial charge < -0.3 is 15.2 Å². The monoisotopic (exact) mass is 432 g/mol. The van der Waals surface area contributed by atoms with Crippen LogP contribution in [0.15, 0.2) is 22.6 Å². The molecule has 0 amide bonds. The van der Waals surface area contributed by atoms with Gasteiger partial charge in [-0.3, -0.25) is 5.43 Å². The van der Waals surface area contributed by atoms with E-state index >= 15 is 0 Å². The maximum atomic E-state index is 5.64. The zero-order valence-corrected chi connectivity index (χ0v) is 15.3. The van der Waals surface area contributed by atoms with E-state index in [2.05, 4.69) is 38.1 Å². The minimum Gasteiger partial charge on any atom is -0.490 e. The smallest absolute Gasteiger partial charge is 0.205 e. The van der Waals surface area contributed by atoms with Crippen molar-refractivity contribution in [3.63, 3.8) is 0 Å². The van der Waals surface area contributed by atoms with Gasteiger partial charge in [-0.15, -0.1) is 11.3 Å². The van der Waals surface area contributed by atoms with Crippen LogP contribution in [0.4, 0.5) is 10.9 Å². The molecule has 6 nitrogen and oxygen atoms in total. The summed E-state index contributed by atoms with van der Waals surface area (Å²) in [5.74, 6) is 1.97. The summed E-state index contributed by atoms with van der Waals surface area (Å²) in [4.78, 5) is 4.07. The molecule has 0 atom stereocenters. The van der Waals surface area contributed by atoms with Crippen LogP contribution in [-0.4, -0.2) is 24.4 Å². The molecule has 118 valence electrons. The number of nitrogens with two attached hydrogens (primary N) is 1. The van der Waals surface area contributed by atoms with Gasteiger partial charge in [0.2, 0.25) is 5.13 Å². The van der Waals surface area contributed by atoms with Crippen molar-refractivity contribution in [2.24, 2.45) is 5.10 Å². The molecule has 3 N–H and O–H groups in total. The van der Waals surface area contributed by atoms with Gasteiger partial charge in [-0.25, -0.2) is 4.98 Å². The Hall–Kier alpha value is -1.55. The van der Waals surface area contributed by atoms with Gasteiger partial charge in [-0.2, -0.15) is 5.10 Å². The van der Waals surface area contributed by atoms with Crippen molar-refractivity contribution in [3.05, 3.63) is 26.6 Å². The number of hydrazone groups is 1. The number of ether oxygens (including phenoxy) is 2. The molecule has 0 saturated heterocycles. The van der Waals surface area contributed by atoms with Crippen LogP contribution >= 0.6 is 33.9 Å². The highest BCUT2D eigenvalue weighted by Crippen LogP contribution is 2.33. The third-order valence-electron chi connectivity index (χ3n) is 2.52. The predicted molar refractivity (Wildman–Crippen MR) is 99.2 cm³/mol. The molecule has 2 rings (SSSR count). The number of anilines is 2. The number of nitrogens with one attached hydrogen (secondary N) is 1. The van der Waals surface area contributed by atoms with Crippen LogP contribution in [-0.2, 0) is 0 Å². The standard InChI is InChI=1S/C14H17IN4O2S/c1-3-20-11-6-9(5-10(15)13(11)21-4-2)7-17-19-14-18-12(16)8-22-14/h5-8H,3-4,16H2,1-2H3,(H,18,19). The molecule has 0 radical (unpaired) electrons. The molecule has 0 aliphatic rings. The van der Waals surface area contributed by atoms with E-state index < -0.39 is 0 Å². The molecule has 22 heavy (non-hydrogen) atoms. The van der Waals surface area contributed by atoms with Gasteiger partial charge >= 0.3 is 0 Å². The maximum absolute atomic E-state index is 5.64. The van der Waals surface area contributed by atoms with Crippen LogP contribution < -0.4 is 20.6 Å². The average Bonchev–Trinajstić information content (AvgIpc) is 2.89. The van der Waals surface area contributed by atoms with Gasteiger partial charge in [0, 0.05) is 5.38 Å². The number of thiazole rings is 1. The maximum Gasteiger partial charge on any atom is 0.205 e. The summed E-state index contributed by atoms with van der Waals surface area (Å²) in [6, 6.07) is 3.88. The highest BCUT2D eigenvalue weighted by atomic mass is 127. The Morgan fingerprint density at radius 3 is 2.77 bits per heavy atom. The fourth-order valence-corrected chi connectivity index (χ4v) is 3.04. The van der Waals surface area contributed by atoms with Crippen LogP contribution in [0.1, 0.15) is 19.4 Å². The third kappa shape index (κ3) is 4.47. The molecule has 0 aliphatic heterocycles. The fraction of sp³-hybridized carbons (Fsp3) is 0.286. The molecule has 0 fully saturated rings. The first-order valence-corrected chi connectivity index (χ1v) is 8.69. The number of benzene rings is 1. The number of nitrogens with zero attached hydrogens (tertiary/aromatic N) is 2. The Morgan fingerprint density at radius 2 is 2.14 bits per heavy atom. The first-order chi connectivity index (χ1) is 10.6. The molecule has 0 aliphatic carbocycles. The van der Waals surface area contributed by atoms with E-state index in [4.69, 9.17) is 15.2 Å². The quantitative estimate of drug-likeness (QED) is 0.397. The van der Waals surface area contributed by atoms with E-state index in [0.717, 1.165) is 20.6 Å². The first kappa shape index (κ1) is 16.8. The van der Waals surface area contributed by atoms with Crippen LogP contribution in [0.3, 0.4) is 0 Å². The summed E-state index contributed by atoms with van der Waals surface area (Å²) in [6.45, 7) is 5.06. The van der Waals surface area contributed by atoms with Crippen molar-refractivity contribution in [2.75, 3.05) is 24.4 Å². The van der Waals surface area contributed by atoms with Gasteiger partial charge in [0.1, 0.15) is 5.82 Å². The van der Waals surface area contributed by atoms with Crippen molar-refractivity contribution in [2.45, 2.75) is 13.8 Å². The zero-order chi connectivity index (χ0) is 15.9. The molecular weight excluding hydrogens is 415 g/mol. The lowest BCUT2D eigenvalue weighted by atomic mass is 10.2. The Bertz CT molecular complexity index is 660. The number of nitrogen functional groups attached to an aromatic ring is 1. The molecule has 1 aromatic heterocycles. The van der Waals surface area contributed by atoms with Crippen molar-refractivity contribution >= 4 is 51.1 Å². The van der Waals surface area contributed by atoms with Crippen molar-refractivity contribution in [3.8, 4) is 11.5 Å². The van der Waals surface area contributed by atoms with E-state index in [-0.39, 0.29) is 0 Å². The van der Waals surface area contributed by atoms with Crippen molar-refractivity contribution < 1.29 is 9.47 Å². The van der Waals surface area contributed by atoms with Gasteiger partial charge in [0.15, 0.2) is 11.5 Å². The molecule has 0 spiro atoms. The number of aromatic nitrogens is 1. The molecular formula is C14H17IN4O2S. The Morgan fingerprint density at radius 1 is 1.36 bits per heavy atom. The topological polar surface area (TPSA) is 81.8 Å². The second-order valence-electron chi connectivity index (χ2n) is 4.14. The van der Waals surface area contributed by atoms with E-state index in [1.54, 1.807) is 11.6 Å². The summed E-state index contributed by atoms with van der Waals surface area (Å²) in [5, 5.41) is 6.57. The highest BCUT2D eigenvalue weighted by molar-refractivity contribution is 14.1. The predicted octanol–water partition coefficient (Wildman–Crippen LogP) is 3.57.